The number of aromatic amines is 2. The Morgan fingerprint density at radius 3 is 1.57 bits per heavy atom. The van der Waals surface area contributed by atoms with Gasteiger partial charge in [-0.15, -0.1) is 0 Å². The van der Waals surface area contributed by atoms with Crippen LogP contribution in [0.15, 0.2) is 48.8 Å². The summed E-state index contributed by atoms with van der Waals surface area (Å²) in [5.41, 5.74) is 1.97. The van der Waals surface area contributed by atoms with Gasteiger partial charge in [0.15, 0.2) is 0 Å². The fourth-order valence-corrected chi connectivity index (χ4v) is 6.83. The predicted molar refractivity (Wildman–Crippen MR) is 195 cm³/mol. The Hall–Kier alpha value is -5.66. The average Bonchev–Trinajstić information content (AvgIpc) is 3.92. The van der Waals surface area contributed by atoms with E-state index in [9.17, 15) is 24.3 Å². The van der Waals surface area contributed by atoms with Gasteiger partial charge in [-0.25, -0.2) is 29.1 Å². The second-order valence-corrected chi connectivity index (χ2v) is 15.3. The molecule has 53 heavy (non-hydrogen) atoms. The van der Waals surface area contributed by atoms with Crippen molar-refractivity contribution >= 4 is 24.1 Å². The molecule has 4 heterocycles. The minimum atomic E-state index is -1.18. The number of carboxylic acid groups (broad SMARTS) is 1. The number of carbonyl (C=O) groups is 4. The highest BCUT2D eigenvalue weighted by Gasteiger charge is 2.36. The van der Waals surface area contributed by atoms with Gasteiger partial charge in [-0.1, -0.05) is 24.3 Å². The molecule has 2 amide bonds. The predicted octanol–water partition coefficient (Wildman–Crippen LogP) is 7.76. The van der Waals surface area contributed by atoms with Gasteiger partial charge in [0.1, 0.15) is 22.9 Å². The zero-order valence-corrected chi connectivity index (χ0v) is 31.1. The number of nitrogens with zero attached hydrogens (tertiary/aromatic N) is 4. The summed E-state index contributed by atoms with van der Waals surface area (Å²) in [5, 5.41) is 10.4. The van der Waals surface area contributed by atoms with Gasteiger partial charge >= 0.3 is 24.1 Å². The van der Waals surface area contributed by atoms with Gasteiger partial charge in [0, 0.05) is 24.2 Å². The maximum atomic E-state index is 13.2. The summed E-state index contributed by atoms with van der Waals surface area (Å²) in [6, 6.07) is 9.45. The number of aromatic carboxylic acids is 1. The number of nitrogens with one attached hydrogen (secondary N) is 2. The van der Waals surface area contributed by atoms with E-state index >= 15 is 0 Å². The Morgan fingerprint density at radius 1 is 0.717 bits per heavy atom. The second kappa shape index (κ2) is 14.4. The molecule has 2 unspecified atom stereocenters. The number of rotatable bonds is 7. The molecule has 2 atom stereocenters. The van der Waals surface area contributed by atoms with Crippen LogP contribution in [0.25, 0.3) is 33.6 Å². The van der Waals surface area contributed by atoms with Crippen LogP contribution >= 0.6 is 0 Å². The molecule has 280 valence electrons. The van der Waals surface area contributed by atoms with Crippen LogP contribution < -0.4 is 0 Å². The molecule has 14 nitrogen and oxygen atoms in total. The van der Waals surface area contributed by atoms with E-state index in [1.807, 2.05) is 41.5 Å². The van der Waals surface area contributed by atoms with Crippen molar-refractivity contribution in [1.82, 2.24) is 29.7 Å². The molecule has 2 aromatic carbocycles. The molecule has 6 rings (SSSR count). The number of ether oxygens (including phenoxy) is 3. The highest BCUT2D eigenvalue weighted by atomic mass is 16.6. The van der Waals surface area contributed by atoms with Gasteiger partial charge in [-0.3, -0.25) is 9.80 Å². The highest BCUT2D eigenvalue weighted by molar-refractivity contribution is 6.04. The topological polar surface area (TPSA) is 180 Å². The Morgan fingerprint density at radius 2 is 1.15 bits per heavy atom. The van der Waals surface area contributed by atoms with Crippen LogP contribution in [0.3, 0.4) is 0 Å². The van der Waals surface area contributed by atoms with Crippen LogP contribution in [0.1, 0.15) is 112 Å². The standard InChI is InChI=1S/C39H46N6O8/c1-38(2,3)52-36(49)44-16-8-10-30(44)32-40-20-28(42-32)22-12-14-24(26(18-22)34(46)47)25-15-13-23(19-27(25)35(48)51-7)29-21-41-33(43-29)31-11-9-17-45(31)37(50)53-39(4,5)6/h12-15,18-21,30-31H,8-11,16-17H2,1-7H3,(H,40,42)(H,41,43)(H,46,47). The van der Waals surface area contributed by atoms with E-state index in [0.717, 1.165) is 19.3 Å². The summed E-state index contributed by atoms with van der Waals surface area (Å²) in [6.45, 7) is 12.0. The summed E-state index contributed by atoms with van der Waals surface area (Å²) in [4.78, 5) is 70.7. The number of esters is 1. The number of carboxylic acids is 1. The number of hydrogen-bond acceptors (Lipinski definition) is 9. The molecule has 3 N–H and O–H groups in total. The molecule has 0 bridgehead atoms. The second-order valence-electron chi connectivity index (χ2n) is 15.3. The maximum Gasteiger partial charge on any atom is 0.410 e. The molecule has 2 aromatic heterocycles. The third-order valence-corrected chi connectivity index (χ3v) is 9.17. The normalized spacial score (nSPS) is 17.6. The van der Waals surface area contributed by atoms with Gasteiger partial charge in [-0.2, -0.15) is 0 Å². The van der Waals surface area contributed by atoms with Crippen molar-refractivity contribution in [3.8, 4) is 33.6 Å². The number of carbonyl (C=O) groups excluding carboxylic acids is 3. The first-order chi connectivity index (χ1) is 25.0. The highest BCUT2D eigenvalue weighted by Crippen LogP contribution is 2.37. The largest absolute Gasteiger partial charge is 0.478 e. The molecule has 14 heteroatoms. The molecule has 0 saturated carbocycles. The summed E-state index contributed by atoms with van der Waals surface area (Å²) >= 11 is 0. The number of H-pyrrole nitrogens is 2. The summed E-state index contributed by atoms with van der Waals surface area (Å²) in [7, 11) is 1.27. The Kier molecular flexibility index (Phi) is 10.1. The SMILES string of the molecule is COC(=O)c1cc(-c2cnc(C3CCCN3C(=O)OC(C)(C)C)[nH]2)ccc1-c1ccc(-c2cnc(C3CCCN3C(=O)OC(C)(C)C)[nH]2)cc1C(=O)O. The van der Waals surface area contributed by atoms with E-state index in [-0.39, 0.29) is 23.2 Å². The molecule has 2 saturated heterocycles. The lowest BCUT2D eigenvalue weighted by Crippen LogP contribution is -2.36. The van der Waals surface area contributed by atoms with Crippen molar-refractivity contribution in [2.45, 2.75) is 90.5 Å². The zero-order chi connectivity index (χ0) is 38.2. The Labute approximate surface area is 307 Å². The first kappa shape index (κ1) is 37.1. The van der Waals surface area contributed by atoms with Crippen LogP contribution in [0, 0.1) is 0 Å². The summed E-state index contributed by atoms with van der Waals surface area (Å²) in [5.74, 6) is -0.639. The van der Waals surface area contributed by atoms with Crippen LogP contribution in [0.5, 0.6) is 0 Å². The van der Waals surface area contributed by atoms with Crippen LogP contribution in [-0.4, -0.2) is 90.4 Å². The van der Waals surface area contributed by atoms with E-state index in [2.05, 4.69) is 19.9 Å². The van der Waals surface area contributed by atoms with Crippen molar-refractivity contribution in [3.63, 3.8) is 0 Å². The smallest absolute Gasteiger partial charge is 0.410 e. The van der Waals surface area contributed by atoms with Gasteiger partial charge in [-0.05, 0) is 90.5 Å². The fraction of sp³-hybridized carbons (Fsp3) is 0.436. The first-order valence-electron chi connectivity index (χ1n) is 17.7. The summed E-state index contributed by atoms with van der Waals surface area (Å²) in [6.07, 6.45) is 5.49. The van der Waals surface area contributed by atoms with Gasteiger partial charge < -0.3 is 29.3 Å². The van der Waals surface area contributed by atoms with Gasteiger partial charge in [0.25, 0.3) is 0 Å². The summed E-state index contributed by atoms with van der Waals surface area (Å²) < 4.78 is 16.3. The molecule has 2 aliphatic heterocycles. The molecule has 0 aliphatic carbocycles. The lowest BCUT2D eigenvalue weighted by atomic mass is 9.92. The quantitative estimate of drug-likeness (QED) is 0.126. The molecule has 2 fully saturated rings. The van der Waals surface area contributed by atoms with Crippen molar-refractivity contribution in [1.29, 1.82) is 0 Å². The molecule has 2 aliphatic rings. The molecule has 4 aromatic rings. The lowest BCUT2D eigenvalue weighted by Gasteiger charge is -2.27. The number of aromatic nitrogens is 4. The van der Waals surface area contributed by atoms with Crippen LogP contribution in [0.4, 0.5) is 9.59 Å². The number of hydrogen-bond donors (Lipinski definition) is 3. The Balaban J connectivity index is 1.28. The number of methoxy groups -OCH3 is 1. The average molecular weight is 727 g/mol. The van der Waals surface area contributed by atoms with Crippen molar-refractivity contribution in [2.24, 2.45) is 0 Å². The van der Waals surface area contributed by atoms with Crippen LogP contribution in [0.2, 0.25) is 0 Å². The third-order valence-electron chi connectivity index (χ3n) is 9.17. The number of likely N-dealkylation sites (tertiary alicyclic amines) is 2. The zero-order valence-electron chi connectivity index (χ0n) is 31.1. The van der Waals surface area contributed by atoms with E-state index in [1.165, 1.54) is 13.2 Å². The molecular formula is C39H46N6O8. The van der Waals surface area contributed by atoms with Crippen LogP contribution in [-0.2, 0) is 14.2 Å². The monoisotopic (exact) mass is 726 g/mol. The van der Waals surface area contributed by atoms with E-state index in [1.54, 1.807) is 52.5 Å². The minimum Gasteiger partial charge on any atom is -0.478 e. The molecule has 0 radical (unpaired) electrons. The number of imidazole rings is 2. The molecular weight excluding hydrogens is 680 g/mol. The van der Waals surface area contributed by atoms with E-state index in [4.69, 9.17) is 14.2 Å². The van der Waals surface area contributed by atoms with E-state index < -0.39 is 35.3 Å². The van der Waals surface area contributed by atoms with Gasteiger partial charge in [0.2, 0.25) is 0 Å². The third kappa shape index (κ3) is 8.06. The van der Waals surface area contributed by atoms with Crippen molar-refractivity contribution in [3.05, 3.63) is 71.6 Å². The van der Waals surface area contributed by atoms with E-state index in [0.29, 0.717) is 64.8 Å². The minimum absolute atomic E-state index is 0.0277. The Bertz CT molecular complexity index is 2040. The van der Waals surface area contributed by atoms with Crippen molar-refractivity contribution in [2.75, 3.05) is 20.2 Å². The number of benzene rings is 2. The fourth-order valence-electron chi connectivity index (χ4n) is 6.83. The lowest BCUT2D eigenvalue weighted by molar-refractivity contribution is 0.0208. The first-order valence-corrected chi connectivity index (χ1v) is 17.7. The maximum absolute atomic E-state index is 13.2. The van der Waals surface area contributed by atoms with Crippen molar-refractivity contribution < 1.29 is 38.5 Å². The number of amides is 2. The molecule has 0 spiro atoms. The van der Waals surface area contributed by atoms with Gasteiger partial charge in [0.05, 0.1) is 54.1 Å².